The van der Waals surface area contributed by atoms with Crippen LogP contribution in [0.3, 0.4) is 0 Å². The second-order valence-corrected chi connectivity index (χ2v) is 3.39. The molecule has 0 aliphatic carbocycles. The average molecular weight is 220 g/mol. The van der Waals surface area contributed by atoms with Crippen molar-refractivity contribution in [1.82, 2.24) is 5.43 Å². The van der Waals surface area contributed by atoms with Gasteiger partial charge in [0, 0.05) is 6.21 Å². The molecule has 0 heterocycles. The molecule has 86 valence electrons. The first-order chi connectivity index (χ1) is 7.75. The van der Waals surface area contributed by atoms with E-state index < -0.39 is 12.0 Å². The molecule has 1 aromatic carbocycles. The molecule has 1 atom stereocenters. The third-order valence-electron chi connectivity index (χ3n) is 2.05. The number of benzene rings is 1. The molecule has 2 N–H and O–H groups in total. The highest BCUT2D eigenvalue weighted by molar-refractivity contribution is 5.82. The third kappa shape index (κ3) is 3.82. The zero-order valence-corrected chi connectivity index (χ0v) is 9.26. The molecule has 0 fully saturated rings. The normalized spacial score (nSPS) is 12.6. The average Bonchev–Trinajstić information content (AvgIpc) is 2.34. The van der Waals surface area contributed by atoms with Crippen LogP contribution in [0.15, 0.2) is 35.4 Å². The molecule has 0 spiro atoms. The van der Waals surface area contributed by atoms with Gasteiger partial charge in [0.25, 0.3) is 5.91 Å². The van der Waals surface area contributed by atoms with Gasteiger partial charge in [0.2, 0.25) is 0 Å². The van der Waals surface area contributed by atoms with Crippen LogP contribution in [0, 0.1) is 0 Å². The van der Waals surface area contributed by atoms with Crippen LogP contribution < -0.4 is 5.43 Å². The highest BCUT2D eigenvalue weighted by Crippen LogP contribution is 2.11. The highest BCUT2D eigenvalue weighted by atomic mass is 16.3. The number of carbonyl (C=O) groups is 1. The topological polar surface area (TPSA) is 61.7 Å². The molecule has 1 aromatic rings. The van der Waals surface area contributed by atoms with Crippen LogP contribution in [0.5, 0.6) is 0 Å². The molecule has 0 bridgehead atoms. The molecule has 0 aliphatic heterocycles. The van der Waals surface area contributed by atoms with Gasteiger partial charge in [-0.2, -0.15) is 5.10 Å². The maximum Gasteiger partial charge on any atom is 0.273 e. The Balaban J connectivity index is 2.48. The fourth-order valence-corrected chi connectivity index (χ4v) is 1.15. The minimum atomic E-state index is -1.17. The molecule has 1 unspecified atom stereocenters. The molecule has 0 radical (unpaired) electrons. The second-order valence-electron chi connectivity index (χ2n) is 3.39. The van der Waals surface area contributed by atoms with E-state index in [0.29, 0.717) is 5.56 Å². The molecule has 0 aromatic heterocycles. The molecule has 4 heteroatoms. The van der Waals surface area contributed by atoms with Gasteiger partial charge in [0.1, 0.15) is 0 Å². The monoisotopic (exact) mass is 220 g/mol. The molecule has 16 heavy (non-hydrogen) atoms. The van der Waals surface area contributed by atoms with Crippen LogP contribution >= 0.6 is 0 Å². The van der Waals surface area contributed by atoms with E-state index in [1.54, 1.807) is 30.5 Å². The van der Waals surface area contributed by atoms with Gasteiger partial charge in [0.15, 0.2) is 6.10 Å². The number of hydrazone groups is 1. The van der Waals surface area contributed by atoms with Crippen LogP contribution in [0.25, 0.3) is 0 Å². The van der Waals surface area contributed by atoms with Gasteiger partial charge in [-0.25, -0.2) is 5.43 Å². The Kier molecular flexibility index (Phi) is 5.22. The number of aliphatic hydroxyl groups is 1. The Labute approximate surface area is 95.0 Å². The lowest BCUT2D eigenvalue weighted by Crippen LogP contribution is -2.25. The zero-order valence-electron chi connectivity index (χ0n) is 9.26. The van der Waals surface area contributed by atoms with E-state index in [1.807, 2.05) is 13.0 Å². The highest BCUT2D eigenvalue weighted by Gasteiger charge is 2.15. The van der Waals surface area contributed by atoms with E-state index >= 15 is 0 Å². The van der Waals surface area contributed by atoms with Crippen molar-refractivity contribution in [3.63, 3.8) is 0 Å². The van der Waals surface area contributed by atoms with E-state index in [1.165, 1.54) is 0 Å². The Morgan fingerprint density at radius 1 is 1.50 bits per heavy atom. The molecule has 0 saturated carbocycles. The summed E-state index contributed by atoms with van der Waals surface area (Å²) in [6.45, 7) is 2.02. The number of nitrogens with zero attached hydrogens (tertiary/aromatic N) is 1. The van der Waals surface area contributed by atoms with Crippen LogP contribution in [0.2, 0.25) is 0 Å². The van der Waals surface area contributed by atoms with Crippen LogP contribution in [-0.2, 0) is 4.79 Å². The molecule has 1 amide bonds. The van der Waals surface area contributed by atoms with Crippen molar-refractivity contribution in [2.75, 3.05) is 0 Å². The van der Waals surface area contributed by atoms with Gasteiger partial charge in [-0.1, -0.05) is 43.7 Å². The molecule has 0 aliphatic rings. The van der Waals surface area contributed by atoms with Gasteiger partial charge in [-0.05, 0) is 12.0 Å². The van der Waals surface area contributed by atoms with Gasteiger partial charge in [-0.15, -0.1) is 0 Å². The minimum Gasteiger partial charge on any atom is -0.378 e. The lowest BCUT2D eigenvalue weighted by molar-refractivity contribution is -0.129. The number of nitrogens with one attached hydrogen (secondary N) is 1. The van der Waals surface area contributed by atoms with Crippen molar-refractivity contribution < 1.29 is 9.90 Å². The summed E-state index contributed by atoms with van der Waals surface area (Å²) in [5.41, 5.74) is 2.86. The van der Waals surface area contributed by atoms with Gasteiger partial charge >= 0.3 is 0 Å². The van der Waals surface area contributed by atoms with E-state index in [9.17, 15) is 9.90 Å². The van der Waals surface area contributed by atoms with Crippen molar-refractivity contribution in [1.29, 1.82) is 0 Å². The van der Waals surface area contributed by atoms with Gasteiger partial charge in [0.05, 0.1) is 0 Å². The largest absolute Gasteiger partial charge is 0.378 e. The smallest absolute Gasteiger partial charge is 0.273 e. The fraction of sp³-hybridized carbons (Fsp3) is 0.333. The second kappa shape index (κ2) is 6.74. The Bertz CT molecular complexity index is 349. The minimum absolute atomic E-state index is 0.515. The van der Waals surface area contributed by atoms with Gasteiger partial charge < -0.3 is 5.11 Å². The standard InChI is InChI=1S/C12H16N2O2/c1-2-3-9-13-14-12(16)11(15)10-7-5-4-6-8-10/h4-9,11,15H,2-3H2,1H3,(H,14,16). The first kappa shape index (κ1) is 12.4. The maximum atomic E-state index is 11.4. The zero-order chi connectivity index (χ0) is 11.8. The molecular formula is C12H16N2O2. The SMILES string of the molecule is CCCC=NNC(=O)C(O)c1ccccc1. The lowest BCUT2D eigenvalue weighted by Gasteiger charge is -2.08. The van der Waals surface area contributed by atoms with Crippen molar-refractivity contribution >= 4 is 12.1 Å². The van der Waals surface area contributed by atoms with Crippen molar-refractivity contribution in [2.24, 2.45) is 5.10 Å². The summed E-state index contributed by atoms with van der Waals surface area (Å²) >= 11 is 0. The predicted octanol–water partition coefficient (Wildman–Crippen LogP) is 1.62. The molecule has 0 saturated heterocycles. The summed E-state index contributed by atoms with van der Waals surface area (Å²) in [7, 11) is 0. The Morgan fingerprint density at radius 3 is 2.81 bits per heavy atom. The summed E-state index contributed by atoms with van der Waals surface area (Å²) in [5.74, 6) is -0.515. The number of unbranched alkanes of at least 4 members (excludes halogenated alkanes) is 1. The van der Waals surface area contributed by atoms with E-state index in [-0.39, 0.29) is 0 Å². The quantitative estimate of drug-likeness (QED) is 0.585. The van der Waals surface area contributed by atoms with Gasteiger partial charge in [-0.3, -0.25) is 4.79 Å². The van der Waals surface area contributed by atoms with E-state index in [2.05, 4.69) is 10.5 Å². The van der Waals surface area contributed by atoms with Crippen molar-refractivity contribution in [2.45, 2.75) is 25.9 Å². The number of amides is 1. The molecule has 4 nitrogen and oxygen atoms in total. The number of carbonyl (C=O) groups excluding carboxylic acids is 1. The van der Waals surface area contributed by atoms with Crippen LogP contribution in [0.1, 0.15) is 31.4 Å². The summed E-state index contributed by atoms with van der Waals surface area (Å²) in [4.78, 5) is 11.4. The molecule has 1 rings (SSSR count). The third-order valence-corrected chi connectivity index (χ3v) is 2.05. The first-order valence-corrected chi connectivity index (χ1v) is 5.30. The fourth-order valence-electron chi connectivity index (χ4n) is 1.15. The predicted molar refractivity (Wildman–Crippen MR) is 62.9 cm³/mol. The number of rotatable bonds is 5. The maximum absolute atomic E-state index is 11.4. The molecular weight excluding hydrogens is 204 g/mol. The Hall–Kier alpha value is -1.68. The van der Waals surface area contributed by atoms with Crippen LogP contribution in [-0.4, -0.2) is 17.2 Å². The summed E-state index contributed by atoms with van der Waals surface area (Å²) in [6.07, 6.45) is 2.23. The lowest BCUT2D eigenvalue weighted by atomic mass is 10.1. The summed E-state index contributed by atoms with van der Waals surface area (Å²) < 4.78 is 0. The Morgan fingerprint density at radius 2 is 2.19 bits per heavy atom. The van der Waals surface area contributed by atoms with Crippen molar-refractivity contribution in [3.8, 4) is 0 Å². The number of aliphatic hydroxyl groups excluding tert-OH is 1. The number of hydrogen-bond donors (Lipinski definition) is 2. The van der Waals surface area contributed by atoms with E-state index in [0.717, 1.165) is 12.8 Å². The first-order valence-electron chi connectivity index (χ1n) is 5.30. The van der Waals surface area contributed by atoms with Crippen LogP contribution in [0.4, 0.5) is 0 Å². The van der Waals surface area contributed by atoms with E-state index in [4.69, 9.17) is 0 Å². The number of hydrogen-bond acceptors (Lipinski definition) is 3. The summed E-state index contributed by atoms with van der Waals surface area (Å²) in [5, 5.41) is 13.4. The summed E-state index contributed by atoms with van der Waals surface area (Å²) in [6, 6.07) is 8.76. The van der Waals surface area contributed by atoms with Crippen molar-refractivity contribution in [3.05, 3.63) is 35.9 Å².